The molecule has 0 unspecified atom stereocenters. The third-order valence-electron chi connectivity index (χ3n) is 2.59. The summed E-state index contributed by atoms with van der Waals surface area (Å²) in [6.45, 7) is 4.09. The molecule has 0 saturated carbocycles. The third kappa shape index (κ3) is 3.26. The molecule has 1 aromatic carbocycles. The topological polar surface area (TPSA) is 55.0 Å². The van der Waals surface area contributed by atoms with E-state index in [-0.39, 0.29) is 4.77 Å². The van der Waals surface area contributed by atoms with Gasteiger partial charge in [-0.25, -0.2) is 9.78 Å². The van der Waals surface area contributed by atoms with Gasteiger partial charge in [0.2, 0.25) is 0 Å². The quantitative estimate of drug-likeness (QED) is 0.689. The summed E-state index contributed by atoms with van der Waals surface area (Å²) in [6.07, 6.45) is 0. The van der Waals surface area contributed by atoms with Crippen molar-refractivity contribution in [2.75, 3.05) is 6.61 Å². The molecule has 0 aliphatic rings. The standard InChI is InChI=1S/C14H14N2O2S/c1-3-18-13(17)12-8-11(15-14(19)16-12)10-6-4-9(2)5-7-10/h4-8H,3H2,1-2H3,(H,15,16,19). The van der Waals surface area contributed by atoms with Crippen LogP contribution in [0.3, 0.4) is 0 Å². The summed E-state index contributed by atoms with van der Waals surface area (Å²) in [7, 11) is 0. The normalized spacial score (nSPS) is 10.2. The van der Waals surface area contributed by atoms with E-state index < -0.39 is 5.97 Å². The van der Waals surface area contributed by atoms with Crippen LogP contribution in [0.25, 0.3) is 11.3 Å². The first kappa shape index (κ1) is 13.4. The van der Waals surface area contributed by atoms with Gasteiger partial charge >= 0.3 is 5.97 Å². The van der Waals surface area contributed by atoms with E-state index in [0.29, 0.717) is 18.0 Å². The maximum atomic E-state index is 11.7. The highest BCUT2D eigenvalue weighted by Gasteiger charge is 2.10. The Morgan fingerprint density at radius 1 is 1.37 bits per heavy atom. The molecular formula is C14H14N2O2S. The van der Waals surface area contributed by atoms with Gasteiger partial charge in [-0.3, -0.25) is 0 Å². The zero-order valence-electron chi connectivity index (χ0n) is 10.8. The molecule has 0 spiro atoms. The van der Waals surface area contributed by atoms with Crippen LogP contribution in [0.15, 0.2) is 30.3 Å². The van der Waals surface area contributed by atoms with Crippen molar-refractivity contribution in [3.8, 4) is 11.3 Å². The molecule has 0 saturated heterocycles. The van der Waals surface area contributed by atoms with E-state index in [0.717, 1.165) is 11.1 Å². The van der Waals surface area contributed by atoms with E-state index in [9.17, 15) is 4.79 Å². The Morgan fingerprint density at radius 3 is 2.68 bits per heavy atom. The fourth-order valence-corrected chi connectivity index (χ4v) is 1.86. The lowest BCUT2D eigenvalue weighted by Crippen LogP contribution is -2.08. The fraction of sp³-hybridized carbons (Fsp3) is 0.214. The van der Waals surface area contributed by atoms with Gasteiger partial charge in [0.1, 0.15) is 5.69 Å². The number of nitrogens with one attached hydrogen (secondary N) is 1. The van der Waals surface area contributed by atoms with Crippen LogP contribution in [-0.4, -0.2) is 22.5 Å². The van der Waals surface area contributed by atoms with Crippen LogP contribution in [0.4, 0.5) is 0 Å². The Hall–Kier alpha value is -2.01. The molecular weight excluding hydrogens is 260 g/mol. The molecule has 0 bridgehead atoms. The number of hydrogen-bond acceptors (Lipinski definition) is 4. The molecule has 0 fully saturated rings. The van der Waals surface area contributed by atoms with Crippen LogP contribution in [0.1, 0.15) is 23.0 Å². The number of rotatable bonds is 3. The number of aryl methyl sites for hydroxylation is 1. The molecule has 0 radical (unpaired) electrons. The minimum atomic E-state index is -0.427. The molecule has 0 aliphatic carbocycles. The first-order chi connectivity index (χ1) is 9.10. The largest absolute Gasteiger partial charge is 0.461 e. The number of nitrogens with zero attached hydrogens (tertiary/aromatic N) is 1. The number of ether oxygens (including phenoxy) is 1. The van der Waals surface area contributed by atoms with Gasteiger partial charge in [-0.15, -0.1) is 0 Å². The van der Waals surface area contributed by atoms with E-state index in [1.807, 2.05) is 31.2 Å². The number of carbonyl (C=O) groups excluding carboxylic acids is 1. The van der Waals surface area contributed by atoms with Crippen LogP contribution in [0.5, 0.6) is 0 Å². The number of aromatic amines is 1. The predicted molar refractivity (Wildman–Crippen MR) is 75.6 cm³/mol. The van der Waals surface area contributed by atoms with Gasteiger partial charge in [-0.05, 0) is 32.1 Å². The maximum Gasteiger partial charge on any atom is 0.354 e. The molecule has 0 amide bonds. The van der Waals surface area contributed by atoms with E-state index in [2.05, 4.69) is 9.97 Å². The van der Waals surface area contributed by atoms with Gasteiger partial charge < -0.3 is 9.72 Å². The molecule has 19 heavy (non-hydrogen) atoms. The summed E-state index contributed by atoms with van der Waals surface area (Å²) in [5, 5.41) is 0. The zero-order valence-corrected chi connectivity index (χ0v) is 11.6. The Kier molecular flexibility index (Phi) is 4.06. The van der Waals surface area contributed by atoms with Crippen molar-refractivity contribution in [2.45, 2.75) is 13.8 Å². The van der Waals surface area contributed by atoms with Crippen molar-refractivity contribution >= 4 is 18.2 Å². The molecule has 98 valence electrons. The average Bonchev–Trinajstić information content (AvgIpc) is 2.39. The number of esters is 1. The molecule has 2 rings (SSSR count). The summed E-state index contributed by atoms with van der Waals surface area (Å²) in [6, 6.07) is 9.52. The lowest BCUT2D eigenvalue weighted by atomic mass is 10.1. The van der Waals surface area contributed by atoms with Crippen molar-refractivity contribution in [3.05, 3.63) is 46.4 Å². The van der Waals surface area contributed by atoms with Crippen molar-refractivity contribution in [2.24, 2.45) is 0 Å². The monoisotopic (exact) mass is 274 g/mol. The molecule has 2 aromatic rings. The van der Waals surface area contributed by atoms with Crippen LogP contribution < -0.4 is 0 Å². The molecule has 1 aromatic heterocycles. The summed E-state index contributed by atoms with van der Waals surface area (Å²) in [4.78, 5) is 18.7. The predicted octanol–water partition coefficient (Wildman–Crippen LogP) is 3.29. The minimum absolute atomic E-state index is 0.265. The van der Waals surface area contributed by atoms with E-state index >= 15 is 0 Å². The van der Waals surface area contributed by atoms with Gasteiger partial charge in [0, 0.05) is 5.56 Å². The SMILES string of the molecule is CCOC(=O)c1cc(-c2ccc(C)cc2)nc(=S)[nH]1. The first-order valence-corrected chi connectivity index (χ1v) is 6.36. The number of hydrogen-bond donors (Lipinski definition) is 1. The lowest BCUT2D eigenvalue weighted by molar-refractivity contribution is 0.0519. The summed E-state index contributed by atoms with van der Waals surface area (Å²) >= 11 is 5.04. The molecule has 1 N–H and O–H groups in total. The number of aromatic nitrogens is 2. The van der Waals surface area contributed by atoms with Gasteiger partial charge in [0.15, 0.2) is 4.77 Å². The van der Waals surface area contributed by atoms with Gasteiger partial charge in [0.05, 0.1) is 12.3 Å². The molecule has 0 aliphatic heterocycles. The summed E-state index contributed by atoms with van der Waals surface area (Å²) in [5.41, 5.74) is 3.05. The van der Waals surface area contributed by atoms with Gasteiger partial charge in [-0.2, -0.15) is 0 Å². The average molecular weight is 274 g/mol. The maximum absolute atomic E-state index is 11.7. The van der Waals surface area contributed by atoms with Crippen molar-refractivity contribution in [1.82, 2.24) is 9.97 Å². The van der Waals surface area contributed by atoms with Crippen LogP contribution >= 0.6 is 12.2 Å². The first-order valence-electron chi connectivity index (χ1n) is 5.95. The molecule has 1 heterocycles. The van der Waals surface area contributed by atoms with Crippen LogP contribution in [0.2, 0.25) is 0 Å². The van der Waals surface area contributed by atoms with Crippen LogP contribution in [-0.2, 0) is 4.74 Å². The molecule has 4 nitrogen and oxygen atoms in total. The number of carbonyl (C=O) groups is 1. The molecule has 0 atom stereocenters. The van der Waals surface area contributed by atoms with E-state index in [4.69, 9.17) is 17.0 Å². The highest BCUT2D eigenvalue weighted by molar-refractivity contribution is 7.71. The molecule has 5 heteroatoms. The summed E-state index contributed by atoms with van der Waals surface area (Å²) in [5.74, 6) is -0.427. The van der Waals surface area contributed by atoms with Gasteiger partial charge in [0.25, 0.3) is 0 Å². The highest BCUT2D eigenvalue weighted by atomic mass is 32.1. The zero-order chi connectivity index (χ0) is 13.8. The Labute approximate surface area is 116 Å². The second-order valence-corrected chi connectivity index (χ2v) is 4.46. The Balaban J connectivity index is 2.44. The second kappa shape index (κ2) is 5.75. The number of H-pyrrole nitrogens is 1. The van der Waals surface area contributed by atoms with E-state index in [1.165, 1.54) is 0 Å². The highest BCUT2D eigenvalue weighted by Crippen LogP contribution is 2.18. The number of benzene rings is 1. The van der Waals surface area contributed by atoms with Crippen molar-refractivity contribution < 1.29 is 9.53 Å². The third-order valence-corrected chi connectivity index (χ3v) is 2.78. The Morgan fingerprint density at radius 2 is 2.05 bits per heavy atom. The van der Waals surface area contributed by atoms with Crippen LogP contribution in [0, 0.1) is 11.7 Å². The lowest BCUT2D eigenvalue weighted by Gasteiger charge is -2.05. The summed E-state index contributed by atoms with van der Waals surface area (Å²) < 4.78 is 5.21. The fourth-order valence-electron chi connectivity index (χ4n) is 1.65. The Bertz CT molecular complexity index is 647. The van der Waals surface area contributed by atoms with Crippen molar-refractivity contribution in [1.29, 1.82) is 0 Å². The minimum Gasteiger partial charge on any atom is -0.461 e. The van der Waals surface area contributed by atoms with Gasteiger partial charge in [-0.1, -0.05) is 29.8 Å². The van der Waals surface area contributed by atoms with Crippen molar-refractivity contribution in [3.63, 3.8) is 0 Å². The smallest absolute Gasteiger partial charge is 0.354 e. The van der Waals surface area contributed by atoms with E-state index in [1.54, 1.807) is 13.0 Å². The second-order valence-electron chi connectivity index (χ2n) is 4.07.